The van der Waals surface area contributed by atoms with E-state index in [1.165, 1.54) is 0 Å². The van der Waals surface area contributed by atoms with Gasteiger partial charge in [0.25, 0.3) is 0 Å². The summed E-state index contributed by atoms with van der Waals surface area (Å²) in [4.78, 5) is 4.45. The molecule has 3 rings (SSSR count). The van der Waals surface area contributed by atoms with E-state index in [0.717, 1.165) is 27.9 Å². The van der Waals surface area contributed by atoms with E-state index in [-0.39, 0.29) is 6.04 Å². The quantitative estimate of drug-likeness (QED) is 0.761. The van der Waals surface area contributed by atoms with Crippen LogP contribution >= 0.6 is 0 Å². The van der Waals surface area contributed by atoms with E-state index >= 15 is 0 Å². The van der Waals surface area contributed by atoms with Crippen LogP contribution in [0.3, 0.4) is 0 Å². The zero-order valence-corrected chi connectivity index (χ0v) is 11.0. The highest BCUT2D eigenvalue weighted by Gasteiger charge is 2.16. The number of nitrogens with zero attached hydrogens (tertiary/aromatic N) is 3. The first-order chi connectivity index (χ1) is 9.16. The maximum atomic E-state index is 6.40. The lowest BCUT2D eigenvalue weighted by Crippen LogP contribution is -2.16. The van der Waals surface area contributed by atoms with Crippen LogP contribution in [0.15, 0.2) is 42.6 Å². The second kappa shape index (κ2) is 4.48. The fourth-order valence-corrected chi connectivity index (χ4v) is 2.46. The molecule has 1 unspecified atom stereocenters. The van der Waals surface area contributed by atoms with Crippen molar-refractivity contribution in [1.82, 2.24) is 14.8 Å². The van der Waals surface area contributed by atoms with Crippen LogP contribution in [0.2, 0.25) is 0 Å². The Morgan fingerprint density at radius 1 is 1.21 bits per heavy atom. The van der Waals surface area contributed by atoms with Crippen molar-refractivity contribution in [3.05, 3.63) is 59.5 Å². The molecule has 2 N–H and O–H groups in total. The number of aromatic nitrogens is 3. The lowest BCUT2D eigenvalue weighted by atomic mass is 10.0. The van der Waals surface area contributed by atoms with E-state index < -0.39 is 0 Å². The van der Waals surface area contributed by atoms with Gasteiger partial charge in [0.15, 0.2) is 0 Å². The number of benzene rings is 1. The molecule has 2 aromatic heterocycles. The molecular weight excluding hydrogens is 236 g/mol. The summed E-state index contributed by atoms with van der Waals surface area (Å²) >= 11 is 0. The molecule has 4 heteroatoms. The second-order valence-corrected chi connectivity index (χ2v) is 4.73. The van der Waals surface area contributed by atoms with Crippen LogP contribution in [0.25, 0.3) is 10.9 Å². The van der Waals surface area contributed by atoms with Gasteiger partial charge >= 0.3 is 0 Å². The van der Waals surface area contributed by atoms with Gasteiger partial charge in [0, 0.05) is 24.2 Å². The van der Waals surface area contributed by atoms with Gasteiger partial charge in [0.05, 0.1) is 22.9 Å². The Morgan fingerprint density at radius 2 is 2.00 bits per heavy atom. The van der Waals surface area contributed by atoms with E-state index in [1.807, 2.05) is 55.1 Å². The second-order valence-electron chi connectivity index (χ2n) is 4.73. The molecule has 0 aliphatic heterocycles. The molecule has 0 bridgehead atoms. The van der Waals surface area contributed by atoms with Crippen LogP contribution in [-0.4, -0.2) is 14.8 Å². The Kier molecular flexibility index (Phi) is 2.80. The summed E-state index contributed by atoms with van der Waals surface area (Å²) in [5.41, 5.74) is 10.3. The molecule has 0 aliphatic rings. The predicted molar refractivity (Wildman–Crippen MR) is 75.7 cm³/mol. The minimum atomic E-state index is -0.218. The van der Waals surface area contributed by atoms with Gasteiger partial charge in [0.1, 0.15) is 0 Å². The van der Waals surface area contributed by atoms with Crippen LogP contribution in [0.5, 0.6) is 0 Å². The van der Waals surface area contributed by atoms with Crippen LogP contribution in [0, 0.1) is 6.92 Å². The van der Waals surface area contributed by atoms with Gasteiger partial charge in [-0.3, -0.25) is 9.67 Å². The van der Waals surface area contributed by atoms with Crippen molar-refractivity contribution in [3.8, 4) is 0 Å². The first-order valence-corrected chi connectivity index (χ1v) is 6.26. The smallest absolute Gasteiger partial charge is 0.0753 e. The standard InChI is InChI=1S/C15H16N4/c1-10-9-13(19(2)18-10)14(16)12-7-3-5-11-6-4-8-17-15(11)12/h3-9,14H,16H2,1-2H3. The number of hydrogen-bond acceptors (Lipinski definition) is 3. The average Bonchev–Trinajstić information content (AvgIpc) is 2.76. The Hall–Kier alpha value is -2.20. The van der Waals surface area contributed by atoms with Crippen LogP contribution in [0.1, 0.15) is 23.0 Å². The molecule has 0 amide bonds. The minimum absolute atomic E-state index is 0.218. The van der Waals surface area contributed by atoms with Gasteiger partial charge < -0.3 is 5.73 Å². The number of nitrogens with two attached hydrogens (primary N) is 1. The molecule has 0 saturated carbocycles. The summed E-state index contributed by atoms with van der Waals surface area (Å²) in [6.45, 7) is 1.97. The summed E-state index contributed by atoms with van der Waals surface area (Å²) < 4.78 is 1.84. The van der Waals surface area contributed by atoms with E-state index in [9.17, 15) is 0 Å². The number of para-hydroxylation sites is 1. The fourth-order valence-electron chi connectivity index (χ4n) is 2.46. The van der Waals surface area contributed by atoms with Crippen molar-refractivity contribution in [2.24, 2.45) is 12.8 Å². The maximum Gasteiger partial charge on any atom is 0.0753 e. The first kappa shape index (κ1) is 11.9. The molecule has 2 heterocycles. The zero-order valence-electron chi connectivity index (χ0n) is 11.0. The highest BCUT2D eigenvalue weighted by molar-refractivity contribution is 5.82. The maximum absolute atomic E-state index is 6.40. The molecule has 0 radical (unpaired) electrons. The number of pyridine rings is 1. The van der Waals surface area contributed by atoms with E-state index in [4.69, 9.17) is 5.73 Å². The average molecular weight is 252 g/mol. The molecule has 3 aromatic rings. The summed E-state index contributed by atoms with van der Waals surface area (Å²) in [5.74, 6) is 0. The van der Waals surface area contributed by atoms with Crippen LogP contribution < -0.4 is 5.73 Å². The normalized spacial score (nSPS) is 12.8. The molecule has 0 spiro atoms. The summed E-state index contributed by atoms with van der Waals surface area (Å²) in [7, 11) is 1.92. The van der Waals surface area contributed by atoms with Gasteiger partial charge in [-0.2, -0.15) is 5.10 Å². The number of rotatable bonds is 2. The molecule has 1 atom stereocenters. The Labute approximate surface area is 111 Å². The van der Waals surface area contributed by atoms with Crippen LogP contribution in [-0.2, 0) is 7.05 Å². The fraction of sp³-hybridized carbons (Fsp3) is 0.200. The van der Waals surface area contributed by atoms with Gasteiger partial charge in [-0.25, -0.2) is 0 Å². The number of fused-ring (bicyclic) bond motifs is 1. The molecule has 4 nitrogen and oxygen atoms in total. The van der Waals surface area contributed by atoms with Crippen molar-refractivity contribution < 1.29 is 0 Å². The molecule has 0 fully saturated rings. The first-order valence-electron chi connectivity index (χ1n) is 6.26. The van der Waals surface area contributed by atoms with Crippen molar-refractivity contribution in [3.63, 3.8) is 0 Å². The van der Waals surface area contributed by atoms with Crippen molar-refractivity contribution >= 4 is 10.9 Å². The molecular formula is C15H16N4. The highest BCUT2D eigenvalue weighted by atomic mass is 15.3. The third-order valence-electron chi connectivity index (χ3n) is 3.36. The van der Waals surface area contributed by atoms with E-state index in [2.05, 4.69) is 10.1 Å². The van der Waals surface area contributed by atoms with Crippen molar-refractivity contribution in [2.75, 3.05) is 0 Å². The minimum Gasteiger partial charge on any atom is -0.319 e. The SMILES string of the molecule is Cc1cc(C(N)c2cccc3cccnc23)n(C)n1. The third-order valence-corrected chi connectivity index (χ3v) is 3.36. The monoisotopic (exact) mass is 252 g/mol. The van der Waals surface area contributed by atoms with Crippen LogP contribution in [0.4, 0.5) is 0 Å². The Balaban J connectivity index is 2.16. The summed E-state index contributed by atoms with van der Waals surface area (Å²) in [6, 6.07) is 11.9. The van der Waals surface area contributed by atoms with Crippen molar-refractivity contribution in [1.29, 1.82) is 0 Å². The lowest BCUT2D eigenvalue weighted by molar-refractivity contribution is 0.671. The molecule has 0 saturated heterocycles. The van der Waals surface area contributed by atoms with E-state index in [1.54, 1.807) is 6.20 Å². The molecule has 0 aliphatic carbocycles. The molecule has 1 aromatic carbocycles. The van der Waals surface area contributed by atoms with Gasteiger partial charge in [-0.15, -0.1) is 0 Å². The predicted octanol–water partition coefficient (Wildman–Crippen LogP) is 2.32. The number of aryl methyl sites for hydroxylation is 2. The Morgan fingerprint density at radius 3 is 2.74 bits per heavy atom. The van der Waals surface area contributed by atoms with Gasteiger partial charge in [-0.05, 0) is 19.1 Å². The summed E-state index contributed by atoms with van der Waals surface area (Å²) in [6.07, 6.45) is 1.80. The van der Waals surface area contributed by atoms with Gasteiger partial charge in [0.2, 0.25) is 0 Å². The zero-order chi connectivity index (χ0) is 13.4. The molecule has 96 valence electrons. The topological polar surface area (TPSA) is 56.7 Å². The third kappa shape index (κ3) is 2.00. The van der Waals surface area contributed by atoms with Gasteiger partial charge in [-0.1, -0.05) is 24.3 Å². The Bertz CT molecular complexity index is 725. The molecule has 19 heavy (non-hydrogen) atoms. The highest BCUT2D eigenvalue weighted by Crippen LogP contribution is 2.25. The largest absolute Gasteiger partial charge is 0.319 e. The summed E-state index contributed by atoms with van der Waals surface area (Å²) in [5, 5.41) is 5.46. The van der Waals surface area contributed by atoms with E-state index in [0.29, 0.717) is 0 Å². The number of hydrogen-bond donors (Lipinski definition) is 1. The lowest BCUT2D eigenvalue weighted by Gasteiger charge is -2.14. The van der Waals surface area contributed by atoms with Crippen molar-refractivity contribution in [2.45, 2.75) is 13.0 Å².